The fourth-order valence-electron chi connectivity index (χ4n) is 5.33. The van der Waals surface area contributed by atoms with Crippen LogP contribution in [0, 0.1) is 5.92 Å². The quantitative estimate of drug-likeness (QED) is 0.155. The van der Waals surface area contributed by atoms with Gasteiger partial charge < -0.3 is 55.3 Å². The predicted molar refractivity (Wildman–Crippen MR) is 166 cm³/mol. The summed E-state index contributed by atoms with van der Waals surface area (Å²) in [5, 5.41) is 62.6. The number of fused-ring (bicyclic) bond motifs is 1. The van der Waals surface area contributed by atoms with Crippen LogP contribution < -0.4 is 5.73 Å². The molecule has 14 nitrogen and oxygen atoms in total. The van der Waals surface area contributed by atoms with Crippen LogP contribution in [0.1, 0.15) is 46.0 Å². The van der Waals surface area contributed by atoms with Crippen molar-refractivity contribution < 1.29 is 64.0 Å². The zero-order valence-electron chi connectivity index (χ0n) is 26.4. The highest BCUT2D eigenvalue weighted by atomic mass is 16.7. The number of aliphatic hydroxyl groups excluding tert-OH is 5. The number of carboxylic acid groups (broad SMARTS) is 1. The number of allylic oxidation sites excluding steroid dienone is 6. The van der Waals surface area contributed by atoms with Crippen molar-refractivity contribution in [3.8, 4) is 0 Å². The van der Waals surface area contributed by atoms with Gasteiger partial charge in [0.15, 0.2) is 6.29 Å². The van der Waals surface area contributed by atoms with E-state index in [0.717, 1.165) is 0 Å². The van der Waals surface area contributed by atoms with Gasteiger partial charge in [-0.15, -0.1) is 0 Å². The molecule has 0 bridgehead atoms. The first-order valence-electron chi connectivity index (χ1n) is 15.7. The van der Waals surface area contributed by atoms with E-state index >= 15 is 0 Å². The Hall–Kier alpha value is -3.05. The molecule has 11 unspecified atom stereocenters. The molecule has 0 radical (unpaired) electrons. The molecule has 0 aromatic heterocycles. The maximum atomic E-state index is 12.6. The third kappa shape index (κ3) is 12.5. The van der Waals surface area contributed by atoms with Crippen LogP contribution in [0.5, 0.6) is 0 Å². The Morgan fingerprint density at radius 1 is 0.872 bits per heavy atom. The van der Waals surface area contributed by atoms with Crippen molar-refractivity contribution in [3.63, 3.8) is 0 Å². The minimum Gasteiger partial charge on any atom is -0.481 e. The van der Waals surface area contributed by atoms with E-state index in [-0.39, 0.29) is 25.4 Å². The molecule has 8 N–H and O–H groups in total. The summed E-state index contributed by atoms with van der Waals surface area (Å²) in [6.07, 6.45) is 3.57. The summed E-state index contributed by atoms with van der Waals surface area (Å²) < 4.78 is 22.2. The van der Waals surface area contributed by atoms with Gasteiger partial charge in [0.1, 0.15) is 30.0 Å². The van der Waals surface area contributed by atoms with Crippen LogP contribution in [-0.4, -0.2) is 122 Å². The summed E-state index contributed by atoms with van der Waals surface area (Å²) in [4.78, 5) is 36.9. The maximum Gasteiger partial charge on any atom is 0.330 e. The number of aliphatic carboxylic acids is 1. The van der Waals surface area contributed by atoms with Crippen molar-refractivity contribution in [2.24, 2.45) is 11.7 Å². The molecule has 2 fully saturated rings. The number of carboxylic acids is 1. The van der Waals surface area contributed by atoms with E-state index in [9.17, 15) is 45.0 Å². The largest absolute Gasteiger partial charge is 0.481 e. The summed E-state index contributed by atoms with van der Waals surface area (Å²) in [5.41, 5.74) is 5.91. The Morgan fingerprint density at radius 2 is 1.55 bits per heavy atom. The third-order valence-electron chi connectivity index (χ3n) is 8.05. The minimum absolute atomic E-state index is 0.0692. The second-order valence-corrected chi connectivity index (χ2v) is 12.1. The number of nitrogens with two attached hydrogens (primary N) is 1. The van der Waals surface area contributed by atoms with E-state index in [0.29, 0.717) is 6.42 Å². The van der Waals surface area contributed by atoms with Gasteiger partial charge in [-0.25, -0.2) is 4.79 Å². The van der Waals surface area contributed by atoms with Gasteiger partial charge in [0.2, 0.25) is 0 Å². The molecule has 3 heterocycles. The maximum absolute atomic E-state index is 12.6. The van der Waals surface area contributed by atoms with Crippen molar-refractivity contribution in [1.82, 2.24) is 0 Å². The zero-order valence-corrected chi connectivity index (χ0v) is 26.4. The normalized spacial score (nSPS) is 43.4. The molecular formula is C33H47NO13. The van der Waals surface area contributed by atoms with Gasteiger partial charge in [-0.1, -0.05) is 48.6 Å². The van der Waals surface area contributed by atoms with E-state index in [2.05, 4.69) is 0 Å². The Labute approximate surface area is 273 Å². The number of esters is 1. The number of rotatable bonds is 3. The monoisotopic (exact) mass is 665 g/mol. The summed E-state index contributed by atoms with van der Waals surface area (Å²) in [5.74, 6) is -4.54. The smallest absolute Gasteiger partial charge is 0.330 e. The van der Waals surface area contributed by atoms with Crippen molar-refractivity contribution in [2.45, 2.75) is 119 Å². The summed E-state index contributed by atoms with van der Waals surface area (Å²) in [6.45, 7) is 3.29. The van der Waals surface area contributed by atoms with Gasteiger partial charge in [-0.3, -0.25) is 9.59 Å². The van der Waals surface area contributed by atoms with Gasteiger partial charge in [0.25, 0.3) is 0 Å². The van der Waals surface area contributed by atoms with E-state index in [4.69, 9.17) is 24.7 Å². The van der Waals surface area contributed by atoms with Gasteiger partial charge >= 0.3 is 11.9 Å². The lowest BCUT2D eigenvalue weighted by molar-refractivity contribution is -0.277. The number of hydrogen-bond donors (Lipinski definition) is 7. The molecule has 3 aliphatic rings. The molecule has 0 aliphatic carbocycles. The molecule has 3 rings (SSSR count). The average molecular weight is 666 g/mol. The van der Waals surface area contributed by atoms with E-state index in [1.165, 1.54) is 25.2 Å². The molecule has 2 saturated heterocycles. The highest BCUT2D eigenvalue weighted by molar-refractivity contribution is 5.82. The fraction of sp³-hybridized carbons (Fsp3) is 0.606. The van der Waals surface area contributed by atoms with Crippen molar-refractivity contribution in [2.75, 3.05) is 0 Å². The van der Waals surface area contributed by atoms with E-state index in [1.54, 1.807) is 43.4 Å². The number of Topliss-reactive ketones (excluding diaryl/α,β-unsaturated/α-hetero) is 1. The number of cyclic esters (lactones) is 1. The summed E-state index contributed by atoms with van der Waals surface area (Å²) >= 11 is 0. The van der Waals surface area contributed by atoms with Crippen LogP contribution in [-0.2, 0) is 33.3 Å². The Bertz CT molecular complexity index is 1200. The Balaban J connectivity index is 1.79. The number of ether oxygens (including phenoxy) is 4. The molecule has 14 heteroatoms. The van der Waals surface area contributed by atoms with Gasteiger partial charge in [-0.05, 0) is 19.9 Å². The highest BCUT2D eigenvalue weighted by Crippen LogP contribution is 2.29. The van der Waals surface area contributed by atoms with Crippen molar-refractivity contribution in [1.29, 1.82) is 0 Å². The zero-order chi connectivity index (χ0) is 34.7. The first-order valence-corrected chi connectivity index (χ1v) is 15.7. The fourth-order valence-corrected chi connectivity index (χ4v) is 5.33. The molecule has 262 valence electrons. The first-order chi connectivity index (χ1) is 22.3. The third-order valence-corrected chi connectivity index (χ3v) is 8.05. The van der Waals surface area contributed by atoms with Gasteiger partial charge in [0, 0.05) is 38.2 Å². The highest BCUT2D eigenvalue weighted by Gasteiger charge is 2.43. The van der Waals surface area contributed by atoms with Gasteiger partial charge in [-0.2, -0.15) is 0 Å². The topological polar surface area (TPSA) is 239 Å². The lowest BCUT2D eigenvalue weighted by atomic mass is 9.88. The molecule has 13 atom stereocenters. The SMILES string of the molecule is CC1C/C=C/C=C/C=C/C=C/C(O[C@@H]2OC(C)[C@@H](O)C(N)C2O)CC(O)C(C(=O)O)C(O)CC(=O)CC(O)CC2OC2/C=C/C(=O)O1. The first kappa shape index (κ1) is 38.4. The molecule has 0 spiro atoms. The van der Waals surface area contributed by atoms with Crippen LogP contribution in [0.2, 0.25) is 0 Å². The van der Waals surface area contributed by atoms with Crippen molar-refractivity contribution >= 4 is 17.7 Å². The molecule has 0 saturated carbocycles. The molecule has 0 amide bonds. The number of hydrogen-bond acceptors (Lipinski definition) is 13. The molecule has 47 heavy (non-hydrogen) atoms. The van der Waals surface area contributed by atoms with Gasteiger partial charge in [0.05, 0.1) is 48.8 Å². The molecule has 3 aliphatic heterocycles. The molecule has 0 aromatic carbocycles. The van der Waals surface area contributed by atoms with Crippen LogP contribution in [0.25, 0.3) is 0 Å². The van der Waals surface area contributed by atoms with Crippen LogP contribution >= 0.6 is 0 Å². The second-order valence-electron chi connectivity index (χ2n) is 12.1. The number of epoxide rings is 1. The molecular weight excluding hydrogens is 618 g/mol. The van der Waals surface area contributed by atoms with E-state index in [1.807, 2.05) is 6.08 Å². The Kier molecular flexibility index (Phi) is 15.1. The summed E-state index contributed by atoms with van der Waals surface area (Å²) in [6, 6.07) is -1.10. The number of carbonyl (C=O) groups is 3. The van der Waals surface area contributed by atoms with Crippen LogP contribution in [0.15, 0.2) is 60.8 Å². The standard InChI is InChI=1S/C33H47NO13/c1-18-10-8-6-4-3-5-7-9-11-22(46-33-31(41)29(34)30(40)19(2)45-33)17-24(38)28(32(42)43)23(37)15-20(35)14-21(36)16-26-25(47-26)12-13-27(39)44-18/h3-9,11-13,18-19,21-26,28-31,33,36-38,40-41H,10,14-17,34H2,1-2H3,(H,42,43)/b4-3+,7-5+,8-6+,11-9+,13-12+/t18?,19?,21?,22?,23?,24?,25?,26?,28?,29?,30-,31?,33+/m1/s1. The number of ketones is 1. The molecule has 0 aromatic rings. The second kappa shape index (κ2) is 18.5. The van der Waals surface area contributed by atoms with Crippen LogP contribution in [0.4, 0.5) is 0 Å². The number of carbonyl (C=O) groups excluding carboxylic acids is 2. The average Bonchev–Trinajstić information content (AvgIpc) is 3.72. The summed E-state index contributed by atoms with van der Waals surface area (Å²) in [7, 11) is 0. The lowest BCUT2D eigenvalue weighted by Gasteiger charge is -2.41. The van der Waals surface area contributed by atoms with E-state index < -0.39 is 97.3 Å². The van der Waals surface area contributed by atoms with Crippen LogP contribution in [0.3, 0.4) is 0 Å². The minimum atomic E-state index is -1.80. The Morgan fingerprint density at radius 3 is 2.26 bits per heavy atom. The lowest BCUT2D eigenvalue weighted by Crippen LogP contribution is -2.61. The number of aliphatic hydroxyl groups is 5. The van der Waals surface area contributed by atoms with Crippen molar-refractivity contribution in [3.05, 3.63) is 60.8 Å². The predicted octanol–water partition coefficient (Wildman–Crippen LogP) is -0.0377.